The molecule has 2 aliphatic rings. The number of benzene rings is 1. The van der Waals surface area contributed by atoms with E-state index in [1.807, 2.05) is 30.8 Å². The first-order valence-electron chi connectivity index (χ1n) is 9.24. The van der Waals surface area contributed by atoms with Gasteiger partial charge in [-0.2, -0.15) is 5.10 Å². The highest BCUT2D eigenvalue weighted by molar-refractivity contribution is 6.30. The third kappa shape index (κ3) is 3.43. The highest BCUT2D eigenvalue weighted by atomic mass is 35.5. The first-order chi connectivity index (χ1) is 12.6. The molecule has 6 nitrogen and oxygen atoms in total. The van der Waals surface area contributed by atoms with Gasteiger partial charge in [-0.25, -0.2) is 9.67 Å². The summed E-state index contributed by atoms with van der Waals surface area (Å²) in [5, 5.41) is 12.3. The first kappa shape index (κ1) is 17.3. The van der Waals surface area contributed by atoms with Crippen LogP contribution in [0.1, 0.15) is 48.9 Å². The number of fused-ring (bicyclic) bond motifs is 1. The molecule has 0 saturated heterocycles. The maximum atomic E-state index is 6.18. The Morgan fingerprint density at radius 1 is 1.42 bits per heavy atom. The van der Waals surface area contributed by atoms with Crippen molar-refractivity contribution in [1.29, 1.82) is 0 Å². The Morgan fingerprint density at radius 3 is 3.00 bits per heavy atom. The average molecular weight is 373 g/mol. The predicted molar refractivity (Wildman–Crippen MR) is 104 cm³/mol. The molecule has 1 saturated carbocycles. The van der Waals surface area contributed by atoms with Crippen molar-refractivity contribution >= 4 is 17.6 Å². The molecule has 2 N–H and O–H groups in total. The molecule has 138 valence electrons. The second-order valence-corrected chi connectivity index (χ2v) is 7.73. The standard InChI is InChI=1S/C19H25ClN6/c1-13-23-17-16(7-4-10-26(17)25-13)24-18(21-2)22-12-19(8-9-19)14-5-3-6-15(20)11-14/h3,5-6,11,16H,4,7-10,12H2,1-2H3,(H2,21,22,24). The maximum absolute atomic E-state index is 6.18. The highest BCUT2D eigenvalue weighted by Crippen LogP contribution is 2.48. The molecule has 0 bridgehead atoms. The minimum absolute atomic E-state index is 0.150. The lowest BCUT2D eigenvalue weighted by Crippen LogP contribution is -2.44. The molecule has 1 atom stereocenters. The lowest BCUT2D eigenvalue weighted by atomic mass is 9.96. The summed E-state index contributed by atoms with van der Waals surface area (Å²) < 4.78 is 2.01. The number of rotatable bonds is 4. The normalized spacial score (nSPS) is 21.2. The van der Waals surface area contributed by atoms with E-state index in [0.29, 0.717) is 0 Å². The Kier molecular flexibility index (Phi) is 4.61. The third-order valence-electron chi connectivity index (χ3n) is 5.40. The van der Waals surface area contributed by atoms with E-state index < -0.39 is 0 Å². The summed E-state index contributed by atoms with van der Waals surface area (Å²) in [5.41, 5.74) is 1.48. The number of hydrogen-bond acceptors (Lipinski definition) is 3. The second kappa shape index (κ2) is 6.91. The van der Waals surface area contributed by atoms with Crippen LogP contribution in [0.3, 0.4) is 0 Å². The van der Waals surface area contributed by atoms with Crippen LogP contribution < -0.4 is 10.6 Å². The topological polar surface area (TPSA) is 67.1 Å². The molecule has 0 amide bonds. The van der Waals surface area contributed by atoms with Gasteiger partial charge in [-0.1, -0.05) is 23.7 Å². The van der Waals surface area contributed by atoms with Crippen molar-refractivity contribution in [2.75, 3.05) is 13.6 Å². The fourth-order valence-electron chi connectivity index (χ4n) is 3.75. The second-order valence-electron chi connectivity index (χ2n) is 7.30. The van der Waals surface area contributed by atoms with Crippen LogP contribution in [0.15, 0.2) is 29.3 Å². The summed E-state index contributed by atoms with van der Waals surface area (Å²) in [4.78, 5) is 9.01. The molecular weight excluding hydrogens is 348 g/mol. The third-order valence-corrected chi connectivity index (χ3v) is 5.64. The van der Waals surface area contributed by atoms with Crippen LogP contribution in [0.4, 0.5) is 0 Å². The number of aliphatic imine (C=N–C) groups is 1. The summed E-state index contributed by atoms with van der Waals surface area (Å²) in [5.74, 6) is 2.65. The Morgan fingerprint density at radius 2 is 2.27 bits per heavy atom. The first-order valence-corrected chi connectivity index (χ1v) is 9.62. The Balaban J connectivity index is 1.42. The maximum Gasteiger partial charge on any atom is 0.191 e. The van der Waals surface area contributed by atoms with Crippen LogP contribution in [0.5, 0.6) is 0 Å². The van der Waals surface area contributed by atoms with Crippen molar-refractivity contribution in [3.8, 4) is 0 Å². The van der Waals surface area contributed by atoms with Gasteiger partial charge in [0, 0.05) is 30.6 Å². The Hall–Kier alpha value is -2.08. The van der Waals surface area contributed by atoms with E-state index >= 15 is 0 Å². The lowest BCUT2D eigenvalue weighted by Gasteiger charge is -2.26. The fraction of sp³-hybridized carbons (Fsp3) is 0.526. The fourth-order valence-corrected chi connectivity index (χ4v) is 3.94. The van der Waals surface area contributed by atoms with E-state index in [1.165, 1.54) is 18.4 Å². The number of aryl methyl sites for hydroxylation is 2. The van der Waals surface area contributed by atoms with Gasteiger partial charge in [-0.15, -0.1) is 0 Å². The van der Waals surface area contributed by atoms with Crippen LogP contribution in [-0.2, 0) is 12.0 Å². The smallest absolute Gasteiger partial charge is 0.191 e. The van der Waals surface area contributed by atoms with Crippen LogP contribution in [0, 0.1) is 6.92 Å². The minimum Gasteiger partial charge on any atom is -0.356 e. The van der Waals surface area contributed by atoms with Crippen molar-refractivity contribution < 1.29 is 0 Å². The van der Waals surface area contributed by atoms with E-state index in [2.05, 4.69) is 37.8 Å². The van der Waals surface area contributed by atoms with Gasteiger partial charge in [-0.05, 0) is 50.3 Å². The summed E-state index contributed by atoms with van der Waals surface area (Å²) in [6, 6.07) is 8.36. The molecule has 1 unspecified atom stereocenters. The molecule has 1 aliphatic carbocycles. The zero-order chi connectivity index (χ0) is 18.1. The minimum atomic E-state index is 0.150. The van der Waals surface area contributed by atoms with E-state index in [-0.39, 0.29) is 11.5 Å². The van der Waals surface area contributed by atoms with Crippen LogP contribution >= 0.6 is 11.6 Å². The van der Waals surface area contributed by atoms with Gasteiger partial charge in [0.1, 0.15) is 11.6 Å². The number of nitrogens with zero attached hydrogens (tertiary/aromatic N) is 4. The number of nitrogens with one attached hydrogen (secondary N) is 2. The van der Waals surface area contributed by atoms with E-state index in [1.54, 1.807) is 0 Å². The molecule has 1 aromatic heterocycles. The monoisotopic (exact) mass is 372 g/mol. The Bertz CT molecular complexity index is 823. The molecule has 1 aliphatic heterocycles. The summed E-state index contributed by atoms with van der Waals surface area (Å²) in [6.07, 6.45) is 4.48. The number of aromatic nitrogens is 3. The van der Waals surface area contributed by atoms with Crippen LogP contribution in [-0.4, -0.2) is 34.3 Å². The predicted octanol–water partition coefficient (Wildman–Crippen LogP) is 2.97. The zero-order valence-electron chi connectivity index (χ0n) is 15.3. The zero-order valence-corrected chi connectivity index (χ0v) is 16.1. The molecular formula is C19H25ClN6. The van der Waals surface area contributed by atoms with Crippen LogP contribution in [0.2, 0.25) is 5.02 Å². The molecule has 1 fully saturated rings. The van der Waals surface area contributed by atoms with Crippen molar-refractivity contribution in [3.05, 3.63) is 46.5 Å². The largest absolute Gasteiger partial charge is 0.356 e. The van der Waals surface area contributed by atoms with Gasteiger partial charge in [0.2, 0.25) is 0 Å². The molecule has 0 spiro atoms. The van der Waals surface area contributed by atoms with Crippen molar-refractivity contribution in [2.24, 2.45) is 4.99 Å². The van der Waals surface area contributed by atoms with Crippen LogP contribution in [0.25, 0.3) is 0 Å². The molecule has 2 aromatic rings. The molecule has 1 aromatic carbocycles. The lowest BCUT2D eigenvalue weighted by molar-refractivity contribution is 0.397. The molecule has 2 heterocycles. The van der Waals surface area contributed by atoms with Gasteiger partial charge < -0.3 is 10.6 Å². The number of halogens is 1. The van der Waals surface area contributed by atoms with Crippen molar-refractivity contribution in [3.63, 3.8) is 0 Å². The van der Waals surface area contributed by atoms with Gasteiger partial charge in [0.25, 0.3) is 0 Å². The summed E-state index contributed by atoms with van der Waals surface area (Å²) >= 11 is 6.18. The molecule has 26 heavy (non-hydrogen) atoms. The number of guanidine groups is 1. The number of hydrogen-bond donors (Lipinski definition) is 2. The molecule has 4 rings (SSSR count). The van der Waals surface area contributed by atoms with Gasteiger partial charge in [-0.3, -0.25) is 4.99 Å². The summed E-state index contributed by atoms with van der Waals surface area (Å²) in [7, 11) is 1.81. The summed E-state index contributed by atoms with van der Waals surface area (Å²) in [6.45, 7) is 3.74. The SMILES string of the molecule is CN=C(NCC1(c2cccc(Cl)c2)CC1)NC1CCCn2nc(C)nc21. The van der Waals surface area contributed by atoms with Crippen molar-refractivity contribution in [2.45, 2.75) is 50.6 Å². The van der Waals surface area contributed by atoms with E-state index in [4.69, 9.17) is 11.6 Å². The molecule has 7 heteroatoms. The van der Waals surface area contributed by atoms with E-state index in [9.17, 15) is 0 Å². The Labute approximate surface area is 159 Å². The van der Waals surface area contributed by atoms with Gasteiger partial charge in [0.05, 0.1) is 6.04 Å². The quantitative estimate of drug-likeness (QED) is 0.639. The van der Waals surface area contributed by atoms with Gasteiger partial charge in [0.15, 0.2) is 5.96 Å². The highest BCUT2D eigenvalue weighted by Gasteiger charge is 2.44. The average Bonchev–Trinajstić information content (AvgIpc) is 3.33. The van der Waals surface area contributed by atoms with E-state index in [0.717, 1.165) is 48.6 Å². The van der Waals surface area contributed by atoms with Gasteiger partial charge >= 0.3 is 0 Å². The molecule has 0 radical (unpaired) electrons. The van der Waals surface area contributed by atoms with Crippen molar-refractivity contribution in [1.82, 2.24) is 25.4 Å².